The van der Waals surface area contributed by atoms with Gasteiger partial charge in [-0.3, -0.25) is 37.3 Å². The fraction of sp³-hybridized carbons (Fsp3) is 0.852. The number of hydrogen-bond acceptors (Lipinski definition) is 15. The van der Waals surface area contributed by atoms with E-state index in [1.807, 2.05) is 0 Å². The summed E-state index contributed by atoms with van der Waals surface area (Å²) >= 11 is 0. The molecular formula is C81H150O17P2. The molecule has 0 aromatic carbocycles. The molecule has 0 aliphatic heterocycles. The number of unbranched alkanes of at least 4 members (excludes halogenated alkanes) is 43. The number of aliphatic hydroxyl groups is 1. The highest BCUT2D eigenvalue weighted by Crippen LogP contribution is 2.45. The molecule has 19 heteroatoms. The van der Waals surface area contributed by atoms with Gasteiger partial charge in [0, 0.05) is 25.7 Å². The molecule has 0 amide bonds. The summed E-state index contributed by atoms with van der Waals surface area (Å²) in [6.07, 6.45) is 69.4. The van der Waals surface area contributed by atoms with Crippen molar-refractivity contribution in [2.45, 2.75) is 400 Å². The predicted octanol–water partition coefficient (Wildman–Crippen LogP) is 23.5. The molecule has 0 aliphatic carbocycles. The molecule has 0 rings (SSSR count). The van der Waals surface area contributed by atoms with Gasteiger partial charge in [0.1, 0.15) is 19.3 Å². The van der Waals surface area contributed by atoms with Gasteiger partial charge in [-0.2, -0.15) is 0 Å². The van der Waals surface area contributed by atoms with Crippen LogP contribution in [0.1, 0.15) is 381 Å². The zero-order valence-electron chi connectivity index (χ0n) is 64.3. The Labute approximate surface area is 610 Å². The van der Waals surface area contributed by atoms with Crippen molar-refractivity contribution in [2.24, 2.45) is 5.92 Å². The van der Waals surface area contributed by atoms with Crippen molar-refractivity contribution < 1.29 is 80.2 Å². The van der Waals surface area contributed by atoms with Crippen LogP contribution in [0, 0.1) is 5.92 Å². The Bertz CT molecular complexity index is 2100. The van der Waals surface area contributed by atoms with Gasteiger partial charge < -0.3 is 33.8 Å². The number of carbonyl (C=O) groups is 4. The molecule has 100 heavy (non-hydrogen) atoms. The number of rotatable bonds is 77. The smallest absolute Gasteiger partial charge is 0.462 e. The average molecular weight is 1460 g/mol. The first-order chi connectivity index (χ1) is 48.5. The molecule has 17 nitrogen and oxygen atoms in total. The Morgan fingerprint density at radius 3 is 0.820 bits per heavy atom. The SMILES string of the molecule is CCCCCC/C=C\C=C/CCCCCCCC(=O)OC[C@H](COP(=O)(O)OC[C@@H](O)COP(=O)(O)OC[C@@H](COC(=O)CCCCCCCCCCCCCC)OC(=O)CCCCCCC/C=C\C=C/CCCCCC)OC(=O)CCCCCCCCCCCCCCCCCC(C)C. The second-order valence-corrected chi connectivity index (χ2v) is 31.2. The van der Waals surface area contributed by atoms with Gasteiger partial charge in [0.2, 0.25) is 0 Å². The average Bonchev–Trinajstić information content (AvgIpc) is 0.945. The molecule has 5 atom stereocenters. The van der Waals surface area contributed by atoms with E-state index in [0.717, 1.165) is 128 Å². The fourth-order valence-electron chi connectivity index (χ4n) is 11.5. The molecule has 0 aliphatic rings. The van der Waals surface area contributed by atoms with E-state index < -0.39 is 97.5 Å². The van der Waals surface area contributed by atoms with Gasteiger partial charge in [0.25, 0.3) is 0 Å². The van der Waals surface area contributed by atoms with Crippen LogP contribution in [0.3, 0.4) is 0 Å². The van der Waals surface area contributed by atoms with Crippen molar-refractivity contribution in [1.82, 2.24) is 0 Å². The Hall–Kier alpha value is -2.98. The van der Waals surface area contributed by atoms with Crippen molar-refractivity contribution in [2.75, 3.05) is 39.6 Å². The lowest BCUT2D eigenvalue weighted by Crippen LogP contribution is -2.30. The number of phosphoric acid groups is 2. The van der Waals surface area contributed by atoms with Crippen molar-refractivity contribution in [3.05, 3.63) is 48.6 Å². The summed E-state index contributed by atoms with van der Waals surface area (Å²) in [7, 11) is -9.94. The summed E-state index contributed by atoms with van der Waals surface area (Å²) in [6, 6.07) is 0. The minimum atomic E-state index is -4.97. The summed E-state index contributed by atoms with van der Waals surface area (Å²) in [5.41, 5.74) is 0. The third-order valence-corrected chi connectivity index (χ3v) is 19.7. The molecule has 0 spiro atoms. The van der Waals surface area contributed by atoms with E-state index in [4.69, 9.17) is 37.0 Å². The van der Waals surface area contributed by atoms with Gasteiger partial charge in [-0.25, -0.2) is 9.13 Å². The second kappa shape index (κ2) is 72.9. The van der Waals surface area contributed by atoms with E-state index in [-0.39, 0.29) is 25.7 Å². The van der Waals surface area contributed by atoms with Crippen LogP contribution in [-0.2, 0) is 65.4 Å². The minimum absolute atomic E-state index is 0.0833. The Morgan fingerprint density at radius 1 is 0.310 bits per heavy atom. The molecule has 2 unspecified atom stereocenters. The van der Waals surface area contributed by atoms with Crippen molar-refractivity contribution >= 4 is 39.5 Å². The number of hydrogen-bond donors (Lipinski definition) is 3. The van der Waals surface area contributed by atoms with Crippen LogP contribution in [0.15, 0.2) is 48.6 Å². The van der Waals surface area contributed by atoms with E-state index in [9.17, 15) is 43.2 Å². The summed E-state index contributed by atoms with van der Waals surface area (Å²) in [5, 5.41) is 10.6. The van der Waals surface area contributed by atoms with Gasteiger partial charge >= 0.3 is 39.5 Å². The summed E-state index contributed by atoms with van der Waals surface area (Å²) < 4.78 is 68.6. The maximum atomic E-state index is 13.1. The lowest BCUT2D eigenvalue weighted by atomic mass is 10.0. The van der Waals surface area contributed by atoms with Gasteiger partial charge in [0.15, 0.2) is 12.2 Å². The molecule has 0 saturated heterocycles. The molecular weight excluding hydrogens is 1310 g/mol. The van der Waals surface area contributed by atoms with Gasteiger partial charge in [-0.15, -0.1) is 0 Å². The fourth-order valence-corrected chi connectivity index (χ4v) is 13.1. The van der Waals surface area contributed by atoms with Crippen LogP contribution in [0.5, 0.6) is 0 Å². The van der Waals surface area contributed by atoms with E-state index in [0.29, 0.717) is 25.7 Å². The topological polar surface area (TPSA) is 237 Å². The Balaban J connectivity index is 5.33. The molecule has 0 saturated carbocycles. The Morgan fingerprint density at radius 2 is 0.540 bits per heavy atom. The maximum absolute atomic E-state index is 13.1. The number of ether oxygens (including phenoxy) is 4. The molecule has 0 fully saturated rings. The van der Waals surface area contributed by atoms with Crippen LogP contribution in [0.2, 0.25) is 0 Å². The molecule has 0 aromatic heterocycles. The molecule has 3 N–H and O–H groups in total. The van der Waals surface area contributed by atoms with Crippen molar-refractivity contribution in [3.63, 3.8) is 0 Å². The molecule has 0 heterocycles. The second-order valence-electron chi connectivity index (χ2n) is 28.3. The lowest BCUT2D eigenvalue weighted by molar-refractivity contribution is -0.161. The molecule has 0 bridgehead atoms. The van der Waals surface area contributed by atoms with Crippen LogP contribution >= 0.6 is 15.6 Å². The normalized spacial score (nSPS) is 14.2. The third kappa shape index (κ3) is 73.3. The van der Waals surface area contributed by atoms with Crippen molar-refractivity contribution in [1.29, 1.82) is 0 Å². The number of phosphoric ester groups is 2. The Kier molecular flexibility index (Phi) is 70.8. The minimum Gasteiger partial charge on any atom is -0.462 e. The van der Waals surface area contributed by atoms with E-state index in [1.165, 1.54) is 173 Å². The third-order valence-electron chi connectivity index (χ3n) is 17.8. The highest BCUT2D eigenvalue weighted by Gasteiger charge is 2.30. The number of esters is 4. The lowest BCUT2D eigenvalue weighted by Gasteiger charge is -2.21. The van der Waals surface area contributed by atoms with Crippen LogP contribution in [0.4, 0.5) is 0 Å². The maximum Gasteiger partial charge on any atom is 0.472 e. The highest BCUT2D eigenvalue weighted by atomic mass is 31.2. The summed E-state index contributed by atoms with van der Waals surface area (Å²) in [4.78, 5) is 73.0. The molecule has 586 valence electrons. The van der Waals surface area contributed by atoms with E-state index in [2.05, 4.69) is 83.2 Å². The van der Waals surface area contributed by atoms with E-state index in [1.54, 1.807) is 0 Å². The zero-order chi connectivity index (χ0) is 73.4. The summed E-state index contributed by atoms with van der Waals surface area (Å²) in [6.45, 7) is 7.22. The quantitative estimate of drug-likeness (QED) is 0.0169. The predicted molar refractivity (Wildman–Crippen MR) is 409 cm³/mol. The standard InChI is InChI=1S/C81H150O17P2/c1-6-9-12-15-18-21-24-27-30-35-40-45-50-55-60-65-79(84)92-71-77(98-81(86)67-62-57-52-47-42-37-33-29-32-34-38-43-48-53-58-63-74(4)5)73-96-100(89,90)94-69-75(82)68-93-99(87,88)95-72-76(70-91-78(83)64-59-54-49-44-39-26-23-20-17-14-11-8-3)97-80(85)66-61-56-51-46-41-36-31-28-25-22-19-16-13-10-7-2/h21-22,24-25,27-28,30-31,74-77,82H,6-20,23,26,29,32-73H2,1-5H3,(H,87,88)(H,89,90)/b24-21-,25-22-,30-27-,31-28-/t75-,76+,77+/m0/s1. The van der Waals surface area contributed by atoms with Gasteiger partial charge in [0.05, 0.1) is 26.4 Å². The highest BCUT2D eigenvalue weighted by molar-refractivity contribution is 7.47. The van der Waals surface area contributed by atoms with Gasteiger partial charge in [-0.1, -0.05) is 327 Å². The van der Waals surface area contributed by atoms with Crippen LogP contribution < -0.4 is 0 Å². The largest absolute Gasteiger partial charge is 0.472 e. The molecule has 0 radical (unpaired) electrons. The zero-order valence-corrected chi connectivity index (χ0v) is 66.1. The number of aliphatic hydroxyl groups excluding tert-OH is 1. The van der Waals surface area contributed by atoms with Crippen LogP contribution in [0.25, 0.3) is 0 Å². The number of allylic oxidation sites excluding steroid dienone is 8. The first-order valence-electron chi connectivity index (χ1n) is 40.8. The van der Waals surface area contributed by atoms with E-state index >= 15 is 0 Å². The summed E-state index contributed by atoms with van der Waals surface area (Å²) in [5.74, 6) is -1.37. The monoisotopic (exact) mass is 1460 g/mol. The molecule has 0 aromatic rings. The first-order valence-corrected chi connectivity index (χ1v) is 43.8. The first kappa shape index (κ1) is 97.0. The van der Waals surface area contributed by atoms with Gasteiger partial charge in [-0.05, 0) is 83.0 Å². The van der Waals surface area contributed by atoms with Crippen molar-refractivity contribution in [3.8, 4) is 0 Å². The van der Waals surface area contributed by atoms with Crippen LogP contribution in [-0.4, -0.2) is 96.7 Å². The number of carbonyl (C=O) groups excluding carboxylic acids is 4.